The predicted molar refractivity (Wildman–Crippen MR) is 180 cm³/mol. The Kier molecular flexibility index (Phi) is 18.9. The number of fused-ring (bicyclic) bond motifs is 1. The number of aryl methyl sites for hydroxylation is 2. The molecule has 7 nitrogen and oxygen atoms in total. The number of carboxylic acid groups (broad SMARTS) is 1. The Balaban J connectivity index is 0.000000742. The van der Waals surface area contributed by atoms with Gasteiger partial charge in [0.25, 0.3) is 0 Å². The minimum Gasteiger partial charge on any atom is -0.494 e. The van der Waals surface area contributed by atoms with E-state index in [1.54, 1.807) is 18.2 Å². The highest BCUT2D eigenvalue weighted by Gasteiger charge is 2.24. The first-order valence-electron chi connectivity index (χ1n) is 16.5. The van der Waals surface area contributed by atoms with E-state index in [-0.39, 0.29) is 28.8 Å². The van der Waals surface area contributed by atoms with E-state index in [0.717, 1.165) is 70.6 Å². The maximum Gasteiger partial charge on any atom is 0.304 e. The van der Waals surface area contributed by atoms with Crippen molar-refractivity contribution in [3.05, 3.63) is 53.5 Å². The Morgan fingerprint density at radius 1 is 1.02 bits per heavy atom. The Morgan fingerprint density at radius 3 is 2.36 bits per heavy atom. The Labute approximate surface area is 266 Å². The summed E-state index contributed by atoms with van der Waals surface area (Å²) in [5, 5.41) is 12.6. The fourth-order valence-corrected chi connectivity index (χ4v) is 4.82. The van der Waals surface area contributed by atoms with E-state index in [0.29, 0.717) is 13.2 Å². The molecule has 2 N–H and O–H groups in total. The van der Waals surface area contributed by atoms with E-state index in [1.165, 1.54) is 30.9 Å². The van der Waals surface area contributed by atoms with Gasteiger partial charge < -0.3 is 24.8 Å². The molecule has 1 aliphatic heterocycles. The van der Waals surface area contributed by atoms with Crippen molar-refractivity contribution >= 4 is 11.8 Å². The van der Waals surface area contributed by atoms with Gasteiger partial charge in [-0.25, -0.2) is 9.37 Å². The third-order valence-corrected chi connectivity index (χ3v) is 7.65. The van der Waals surface area contributed by atoms with Crippen LogP contribution in [-0.4, -0.2) is 67.5 Å². The lowest BCUT2D eigenvalue weighted by Gasteiger charge is -2.33. The largest absolute Gasteiger partial charge is 0.494 e. The van der Waals surface area contributed by atoms with Crippen LogP contribution < -0.4 is 10.1 Å². The number of rotatable bonds is 17. The van der Waals surface area contributed by atoms with Gasteiger partial charge >= 0.3 is 5.97 Å². The Hall–Kier alpha value is -2.71. The Bertz CT molecular complexity index is 1080. The van der Waals surface area contributed by atoms with Gasteiger partial charge in [-0.3, -0.25) is 4.79 Å². The lowest BCUT2D eigenvalue weighted by atomic mass is 9.90. The summed E-state index contributed by atoms with van der Waals surface area (Å²) in [5.74, 6) is 0.314. The first kappa shape index (κ1) is 39.3. The van der Waals surface area contributed by atoms with E-state index in [2.05, 4.69) is 61.7 Å². The molecule has 0 unspecified atom stereocenters. The second-order valence-electron chi connectivity index (χ2n) is 12.9. The summed E-state index contributed by atoms with van der Waals surface area (Å²) in [7, 11) is 1.44. The maximum atomic E-state index is 12.5. The van der Waals surface area contributed by atoms with Gasteiger partial charge in [0, 0.05) is 30.7 Å². The molecular weight excluding hydrogens is 557 g/mol. The summed E-state index contributed by atoms with van der Waals surface area (Å²) in [6.45, 7) is 19.9. The van der Waals surface area contributed by atoms with Crippen molar-refractivity contribution in [2.45, 2.75) is 99.8 Å². The van der Waals surface area contributed by atoms with Crippen LogP contribution in [0.15, 0.2) is 36.4 Å². The normalized spacial score (nSPS) is 12.7. The zero-order chi connectivity index (χ0) is 33.0. The van der Waals surface area contributed by atoms with Crippen molar-refractivity contribution in [1.82, 2.24) is 9.88 Å². The summed E-state index contributed by atoms with van der Waals surface area (Å²) in [4.78, 5) is 18.3. The van der Waals surface area contributed by atoms with Crippen molar-refractivity contribution in [3.63, 3.8) is 0 Å². The summed E-state index contributed by atoms with van der Waals surface area (Å²) in [6, 6.07) is 10.7. The number of para-hydroxylation sites is 1. The molecular formula is C36H60FN3O4. The number of ether oxygens (including phenoxy) is 2. The number of nitrogens with zero attached hydrogens (tertiary/aromatic N) is 2. The quantitative estimate of drug-likeness (QED) is 0.173. The second kappa shape index (κ2) is 21.1. The number of hydrogen-bond acceptors (Lipinski definition) is 6. The zero-order valence-electron chi connectivity index (χ0n) is 28.8. The molecule has 0 saturated carbocycles. The van der Waals surface area contributed by atoms with E-state index in [4.69, 9.17) is 9.72 Å². The average Bonchev–Trinajstić information content (AvgIpc) is 3.00. The molecule has 1 aliphatic rings. The Morgan fingerprint density at radius 2 is 1.73 bits per heavy atom. The van der Waals surface area contributed by atoms with Crippen molar-refractivity contribution in [1.29, 1.82) is 0 Å². The standard InChI is InChI=1S/C27H47N3O3.C7H7FO.C2H6/c1-6-26(2,3)20-33-21-27(4,5)19-30(18-15-24(31)32)17-9-7-8-12-23-14-13-22-11-10-16-28-25(22)29-23;1-9-7-5-3-2-4-6(7)8;1-2/h13-14H,6-12,15-21H2,1-5H3,(H,28,29)(H,31,32);2-5H,1H3;1-2H3. The topological polar surface area (TPSA) is 83.9 Å². The van der Waals surface area contributed by atoms with Gasteiger partial charge in [-0.15, -0.1) is 0 Å². The van der Waals surface area contributed by atoms with E-state index in [1.807, 2.05) is 13.8 Å². The van der Waals surface area contributed by atoms with Crippen molar-refractivity contribution in [3.8, 4) is 5.75 Å². The number of unbranched alkanes of at least 4 members (excludes halogenated alkanes) is 2. The summed E-state index contributed by atoms with van der Waals surface area (Å²) >= 11 is 0. The molecule has 0 radical (unpaired) electrons. The van der Waals surface area contributed by atoms with Gasteiger partial charge in [0.1, 0.15) is 5.82 Å². The SMILES string of the molecule is CC.CCC(C)(C)COCC(C)(C)CN(CCCCCc1ccc2c(n1)NCCC2)CCC(=O)O.COc1ccccc1F. The van der Waals surface area contributed by atoms with Crippen molar-refractivity contribution < 1.29 is 23.8 Å². The van der Waals surface area contributed by atoms with Crippen LogP contribution in [-0.2, 0) is 22.4 Å². The lowest BCUT2D eigenvalue weighted by molar-refractivity contribution is -0.137. The number of anilines is 1. The number of pyridine rings is 1. The van der Waals surface area contributed by atoms with Crippen LogP contribution in [0.25, 0.3) is 0 Å². The molecule has 0 fully saturated rings. The molecule has 250 valence electrons. The molecule has 44 heavy (non-hydrogen) atoms. The predicted octanol–water partition coefficient (Wildman–Crippen LogP) is 8.27. The van der Waals surface area contributed by atoms with Crippen LogP contribution in [0.1, 0.15) is 98.2 Å². The first-order valence-corrected chi connectivity index (χ1v) is 16.5. The summed E-state index contributed by atoms with van der Waals surface area (Å²) in [6.07, 6.45) is 7.89. The van der Waals surface area contributed by atoms with Gasteiger partial charge in [0.05, 0.1) is 26.7 Å². The molecule has 0 amide bonds. The fraction of sp³-hybridized carbons (Fsp3) is 0.667. The number of aliphatic carboxylic acids is 1. The third kappa shape index (κ3) is 16.4. The minimum atomic E-state index is -0.731. The molecule has 0 saturated heterocycles. The highest BCUT2D eigenvalue weighted by atomic mass is 19.1. The minimum absolute atomic E-state index is 0.0115. The van der Waals surface area contributed by atoms with Gasteiger partial charge in [0.15, 0.2) is 11.6 Å². The lowest BCUT2D eigenvalue weighted by Crippen LogP contribution is -2.39. The molecule has 8 heteroatoms. The number of nitrogens with one attached hydrogen (secondary N) is 1. The molecule has 2 heterocycles. The van der Waals surface area contributed by atoms with Crippen LogP contribution in [0, 0.1) is 16.6 Å². The molecule has 0 atom stereocenters. The second-order valence-corrected chi connectivity index (χ2v) is 12.9. The van der Waals surface area contributed by atoms with E-state index < -0.39 is 5.97 Å². The highest BCUT2D eigenvalue weighted by molar-refractivity contribution is 5.66. The van der Waals surface area contributed by atoms with Crippen molar-refractivity contribution in [2.24, 2.45) is 10.8 Å². The average molecular weight is 618 g/mol. The number of hydrogen-bond donors (Lipinski definition) is 2. The van der Waals surface area contributed by atoms with Crippen LogP contribution in [0.4, 0.5) is 10.2 Å². The van der Waals surface area contributed by atoms with Crippen LogP contribution in [0.3, 0.4) is 0 Å². The van der Waals surface area contributed by atoms with Crippen LogP contribution in [0.2, 0.25) is 0 Å². The summed E-state index contributed by atoms with van der Waals surface area (Å²) in [5.41, 5.74) is 2.69. The smallest absolute Gasteiger partial charge is 0.304 e. The molecule has 0 bridgehead atoms. The first-order chi connectivity index (χ1) is 20.9. The molecule has 2 aromatic rings. The molecule has 1 aromatic carbocycles. The summed E-state index contributed by atoms with van der Waals surface area (Å²) < 4.78 is 23.2. The number of carboxylic acids is 1. The highest BCUT2D eigenvalue weighted by Crippen LogP contribution is 2.24. The number of aromatic nitrogens is 1. The fourth-order valence-electron chi connectivity index (χ4n) is 4.82. The van der Waals surface area contributed by atoms with E-state index in [9.17, 15) is 14.3 Å². The van der Waals surface area contributed by atoms with Gasteiger partial charge in [-0.2, -0.15) is 0 Å². The van der Waals surface area contributed by atoms with Crippen LogP contribution >= 0.6 is 0 Å². The number of methoxy groups -OCH3 is 1. The number of carbonyl (C=O) groups is 1. The van der Waals surface area contributed by atoms with Crippen LogP contribution in [0.5, 0.6) is 5.75 Å². The maximum absolute atomic E-state index is 12.5. The van der Waals surface area contributed by atoms with Gasteiger partial charge in [-0.05, 0) is 74.2 Å². The molecule has 0 spiro atoms. The molecule has 0 aliphatic carbocycles. The monoisotopic (exact) mass is 617 g/mol. The number of benzene rings is 1. The third-order valence-electron chi connectivity index (χ3n) is 7.65. The van der Waals surface area contributed by atoms with Gasteiger partial charge in [-0.1, -0.05) is 73.1 Å². The van der Waals surface area contributed by atoms with Gasteiger partial charge in [0.2, 0.25) is 0 Å². The van der Waals surface area contributed by atoms with Crippen molar-refractivity contribution in [2.75, 3.05) is 51.8 Å². The zero-order valence-corrected chi connectivity index (χ0v) is 28.8. The molecule has 1 aromatic heterocycles. The van der Waals surface area contributed by atoms with E-state index >= 15 is 0 Å². The number of halogens is 1. The molecule has 3 rings (SSSR count).